The number of hydrogen-bond acceptors (Lipinski definition) is 2. The van der Waals surface area contributed by atoms with Crippen LogP contribution in [-0.2, 0) is 17.9 Å². The van der Waals surface area contributed by atoms with Crippen LogP contribution in [0.15, 0.2) is 48.5 Å². The summed E-state index contributed by atoms with van der Waals surface area (Å²) in [5, 5.41) is 0.754. The Balaban J connectivity index is 1.50. The second-order valence-electron chi connectivity index (χ2n) is 7.70. The first-order valence-corrected chi connectivity index (χ1v) is 9.97. The van der Waals surface area contributed by atoms with E-state index in [1.54, 1.807) is 6.07 Å². The summed E-state index contributed by atoms with van der Waals surface area (Å²) >= 11 is 6.12. The predicted molar refractivity (Wildman–Crippen MR) is 105 cm³/mol. The fourth-order valence-electron chi connectivity index (χ4n) is 4.48. The number of carbonyl (C=O) groups excluding carboxylic acids is 1. The Morgan fingerprint density at radius 2 is 1.81 bits per heavy atom. The van der Waals surface area contributed by atoms with Crippen LogP contribution in [0.4, 0.5) is 4.39 Å². The number of hydrogen-bond donors (Lipinski definition) is 0. The third kappa shape index (κ3) is 4.33. The largest absolute Gasteiger partial charge is 0.334 e. The van der Waals surface area contributed by atoms with Crippen LogP contribution in [0.1, 0.15) is 30.4 Å². The highest BCUT2D eigenvalue weighted by Crippen LogP contribution is 2.32. The minimum atomic E-state index is -0.250. The number of amides is 1. The van der Waals surface area contributed by atoms with Crippen molar-refractivity contribution in [2.24, 2.45) is 5.92 Å². The Morgan fingerprint density at radius 1 is 1.04 bits per heavy atom. The fraction of sp³-hybridized carbons (Fsp3) is 0.409. The molecule has 142 valence electrons. The second kappa shape index (κ2) is 7.99. The van der Waals surface area contributed by atoms with Crippen LogP contribution in [0.2, 0.25) is 5.02 Å². The Labute approximate surface area is 164 Å². The molecule has 0 radical (unpaired) electrons. The maximum Gasteiger partial charge on any atom is 0.223 e. The van der Waals surface area contributed by atoms with Crippen molar-refractivity contribution in [1.82, 2.24) is 9.80 Å². The first-order chi connectivity index (χ1) is 13.1. The van der Waals surface area contributed by atoms with E-state index in [4.69, 9.17) is 11.6 Å². The predicted octanol–water partition coefficient (Wildman–Crippen LogP) is 4.49. The maximum absolute atomic E-state index is 13.6. The van der Waals surface area contributed by atoms with Crippen molar-refractivity contribution >= 4 is 17.5 Å². The average Bonchev–Trinajstić information content (AvgIpc) is 2.96. The van der Waals surface area contributed by atoms with E-state index in [1.165, 1.54) is 17.7 Å². The minimum absolute atomic E-state index is 0.191. The summed E-state index contributed by atoms with van der Waals surface area (Å²) in [6.45, 7) is 3.18. The lowest BCUT2D eigenvalue weighted by atomic mass is 9.98. The van der Waals surface area contributed by atoms with Crippen molar-refractivity contribution in [3.63, 3.8) is 0 Å². The molecule has 2 aliphatic rings. The van der Waals surface area contributed by atoms with Crippen LogP contribution in [0.3, 0.4) is 0 Å². The maximum atomic E-state index is 13.6. The molecule has 0 unspecified atom stereocenters. The van der Waals surface area contributed by atoms with Crippen molar-refractivity contribution in [1.29, 1.82) is 0 Å². The van der Waals surface area contributed by atoms with Crippen molar-refractivity contribution < 1.29 is 9.18 Å². The summed E-state index contributed by atoms with van der Waals surface area (Å²) in [4.78, 5) is 17.2. The number of fused-ring (bicyclic) bond motifs is 1. The quantitative estimate of drug-likeness (QED) is 0.772. The Kier molecular flexibility index (Phi) is 5.46. The summed E-state index contributed by atoms with van der Waals surface area (Å²) in [7, 11) is 0. The SMILES string of the molecule is O=C1CCC[C@@H]2CN(Cc3cccc(Cl)c3)C[C@@H]2N1Cc1cccc(F)c1. The van der Waals surface area contributed by atoms with E-state index in [0.717, 1.165) is 43.1 Å². The summed E-state index contributed by atoms with van der Waals surface area (Å²) < 4.78 is 13.6. The fourth-order valence-corrected chi connectivity index (χ4v) is 4.70. The molecule has 2 aromatic rings. The number of nitrogens with zero attached hydrogens (tertiary/aromatic N) is 2. The molecule has 2 fully saturated rings. The van der Waals surface area contributed by atoms with E-state index in [-0.39, 0.29) is 17.8 Å². The highest BCUT2D eigenvalue weighted by Gasteiger charge is 2.40. The van der Waals surface area contributed by atoms with Gasteiger partial charge in [-0.2, -0.15) is 0 Å². The van der Waals surface area contributed by atoms with E-state index in [0.29, 0.717) is 18.9 Å². The lowest BCUT2D eigenvalue weighted by Gasteiger charge is -2.30. The Bertz CT molecular complexity index is 827. The Hall–Kier alpha value is -1.91. The van der Waals surface area contributed by atoms with Gasteiger partial charge in [0.15, 0.2) is 0 Å². The third-order valence-electron chi connectivity index (χ3n) is 5.71. The van der Waals surface area contributed by atoms with Crippen LogP contribution in [0.25, 0.3) is 0 Å². The van der Waals surface area contributed by atoms with Gasteiger partial charge in [-0.3, -0.25) is 9.69 Å². The molecule has 4 rings (SSSR count). The molecule has 0 spiro atoms. The molecule has 1 amide bonds. The second-order valence-corrected chi connectivity index (χ2v) is 8.13. The van der Waals surface area contributed by atoms with Gasteiger partial charge in [0, 0.05) is 43.7 Å². The normalized spacial score (nSPS) is 23.3. The molecule has 5 heteroatoms. The number of halogens is 2. The number of carbonyl (C=O) groups is 1. The number of rotatable bonds is 4. The molecule has 0 saturated carbocycles. The molecule has 3 nitrogen and oxygen atoms in total. The van der Waals surface area contributed by atoms with Gasteiger partial charge < -0.3 is 4.90 Å². The summed E-state index contributed by atoms with van der Waals surface area (Å²) in [6, 6.07) is 14.7. The van der Waals surface area contributed by atoms with E-state index in [2.05, 4.69) is 11.0 Å². The molecule has 2 aliphatic heterocycles. The molecule has 2 aromatic carbocycles. The van der Waals surface area contributed by atoms with Gasteiger partial charge in [-0.1, -0.05) is 35.9 Å². The molecular weight excluding hydrogens is 363 g/mol. The summed E-state index contributed by atoms with van der Waals surface area (Å²) in [5.41, 5.74) is 2.05. The van der Waals surface area contributed by atoms with Crippen molar-refractivity contribution in [2.75, 3.05) is 13.1 Å². The van der Waals surface area contributed by atoms with E-state index < -0.39 is 0 Å². The monoisotopic (exact) mass is 386 g/mol. The number of benzene rings is 2. The van der Waals surface area contributed by atoms with Gasteiger partial charge in [-0.15, -0.1) is 0 Å². The zero-order valence-electron chi connectivity index (χ0n) is 15.3. The summed E-state index contributed by atoms with van der Waals surface area (Å²) in [6.07, 6.45) is 2.60. The lowest BCUT2D eigenvalue weighted by Crippen LogP contribution is -2.42. The molecule has 2 saturated heterocycles. The highest BCUT2D eigenvalue weighted by molar-refractivity contribution is 6.30. The lowest BCUT2D eigenvalue weighted by molar-refractivity contribution is -0.133. The van der Waals surface area contributed by atoms with Gasteiger partial charge >= 0.3 is 0 Å². The standard InChI is InChI=1S/C22H24ClFN2O/c23-19-7-1-4-16(10-19)12-25-14-18-6-3-9-22(27)26(21(18)15-25)13-17-5-2-8-20(24)11-17/h1-2,4-5,7-8,10-11,18,21H,3,6,9,12-15H2/t18-,21+/m1/s1. The van der Waals surface area contributed by atoms with Crippen molar-refractivity contribution in [3.8, 4) is 0 Å². The average molecular weight is 387 g/mol. The van der Waals surface area contributed by atoms with E-state index in [9.17, 15) is 9.18 Å². The van der Waals surface area contributed by atoms with Crippen LogP contribution < -0.4 is 0 Å². The topological polar surface area (TPSA) is 23.6 Å². The van der Waals surface area contributed by atoms with E-state index >= 15 is 0 Å². The number of likely N-dealkylation sites (tertiary alicyclic amines) is 2. The van der Waals surface area contributed by atoms with Gasteiger partial charge in [0.1, 0.15) is 5.82 Å². The van der Waals surface area contributed by atoms with Gasteiger partial charge in [0.2, 0.25) is 5.91 Å². The molecular formula is C22H24ClFN2O. The van der Waals surface area contributed by atoms with Crippen molar-refractivity contribution in [3.05, 3.63) is 70.5 Å². The first-order valence-electron chi connectivity index (χ1n) is 9.59. The van der Waals surface area contributed by atoms with Crippen LogP contribution in [-0.4, -0.2) is 34.8 Å². The molecule has 0 aliphatic carbocycles. The smallest absolute Gasteiger partial charge is 0.223 e. The Morgan fingerprint density at radius 3 is 2.59 bits per heavy atom. The first kappa shape index (κ1) is 18.5. The summed E-state index contributed by atoms with van der Waals surface area (Å²) in [5.74, 6) is 0.417. The third-order valence-corrected chi connectivity index (χ3v) is 5.94. The van der Waals surface area contributed by atoms with Crippen LogP contribution in [0.5, 0.6) is 0 Å². The van der Waals surface area contributed by atoms with Crippen molar-refractivity contribution in [2.45, 2.75) is 38.4 Å². The molecule has 27 heavy (non-hydrogen) atoms. The molecule has 0 aromatic heterocycles. The van der Waals surface area contributed by atoms with Gasteiger partial charge in [-0.25, -0.2) is 4.39 Å². The molecule has 0 bridgehead atoms. The van der Waals surface area contributed by atoms with Crippen LogP contribution >= 0.6 is 11.6 Å². The minimum Gasteiger partial charge on any atom is -0.334 e. The van der Waals surface area contributed by atoms with Gasteiger partial charge in [-0.05, 0) is 54.2 Å². The van der Waals surface area contributed by atoms with E-state index in [1.807, 2.05) is 29.2 Å². The molecule has 2 heterocycles. The zero-order valence-corrected chi connectivity index (χ0v) is 16.0. The van der Waals surface area contributed by atoms with Crippen LogP contribution in [0, 0.1) is 11.7 Å². The zero-order chi connectivity index (χ0) is 18.8. The van der Waals surface area contributed by atoms with Gasteiger partial charge in [0.05, 0.1) is 0 Å². The molecule has 2 atom stereocenters. The highest BCUT2D eigenvalue weighted by atomic mass is 35.5. The molecule has 0 N–H and O–H groups in total. The van der Waals surface area contributed by atoms with Gasteiger partial charge in [0.25, 0.3) is 0 Å².